The molecule has 1 aliphatic carbocycles. The predicted octanol–water partition coefficient (Wildman–Crippen LogP) is 6.45. The van der Waals surface area contributed by atoms with Crippen molar-refractivity contribution in [1.29, 1.82) is 0 Å². The number of fused-ring (bicyclic) bond motifs is 1. The number of benzene rings is 3. The average Bonchev–Trinajstić information content (AvgIpc) is 3.71. The first-order chi connectivity index (χ1) is 19.2. The summed E-state index contributed by atoms with van der Waals surface area (Å²) in [6, 6.07) is 22.8. The van der Waals surface area contributed by atoms with Crippen LogP contribution < -0.4 is 0 Å². The lowest BCUT2D eigenvalue weighted by molar-refractivity contribution is -0.134. The van der Waals surface area contributed by atoms with Gasteiger partial charge in [0.05, 0.1) is 17.3 Å². The molecule has 1 N–H and O–H groups in total. The largest absolute Gasteiger partial charge is 0.480 e. The van der Waals surface area contributed by atoms with Crippen molar-refractivity contribution >= 4 is 50.1 Å². The lowest BCUT2D eigenvalue weighted by Gasteiger charge is -2.30. The molecule has 7 nitrogen and oxygen atoms in total. The number of piperidine rings is 1. The van der Waals surface area contributed by atoms with Gasteiger partial charge in [0.15, 0.2) is 5.75 Å². The maximum atomic E-state index is 12.5. The van der Waals surface area contributed by atoms with Gasteiger partial charge in [-0.15, -0.1) is 0 Å². The van der Waals surface area contributed by atoms with Crippen LogP contribution in [0.15, 0.2) is 66.7 Å². The fraction of sp³-hybridized carbons (Fsp3) is 0.333. The zero-order valence-corrected chi connectivity index (χ0v) is 24.0. The highest BCUT2D eigenvalue weighted by atomic mass is 35.5. The van der Waals surface area contributed by atoms with Gasteiger partial charge in [0.1, 0.15) is 0 Å². The summed E-state index contributed by atoms with van der Waals surface area (Å²) in [5.41, 5.74) is 5.42. The number of carboxylic acid groups (broad SMARTS) is 1. The molecule has 0 spiro atoms. The molecule has 10 heteroatoms. The smallest absolute Gasteiger partial charge is 0.320 e. The molecule has 2 heterocycles. The number of rotatable bonds is 8. The van der Waals surface area contributed by atoms with Crippen LogP contribution >= 0.6 is 23.2 Å². The highest BCUT2D eigenvalue weighted by Gasteiger charge is 2.34. The molecule has 6 rings (SSSR count). The van der Waals surface area contributed by atoms with E-state index in [2.05, 4.69) is 22.9 Å². The van der Waals surface area contributed by atoms with Crippen molar-refractivity contribution in [3.63, 3.8) is 0 Å². The number of nitrogens with zero attached hydrogens (tertiary/aromatic N) is 3. The van der Waals surface area contributed by atoms with E-state index in [9.17, 15) is 13.2 Å². The number of aliphatic carboxylic acids is 1. The number of aromatic nitrogens is 2. The molecule has 1 aliphatic heterocycles. The summed E-state index contributed by atoms with van der Waals surface area (Å²) in [6.07, 6.45) is 3.39. The maximum absolute atomic E-state index is 12.5. The standard InChI is InChI=1S/C30H29Cl2N3O4S/c31-23-6-1-19(2-7-23)29(20-3-8-24(32)9-4-20)22-5-12-27-26(17-22)30(33-35(27)25-10-11-25)21-13-15-34(16-14-21)40(38,39)18-28(36)37/h1-9,12,17,21,25,29H,10-11,13-16,18H2,(H,36,37). The molecule has 2 fully saturated rings. The van der Waals surface area contributed by atoms with Gasteiger partial charge in [0.25, 0.3) is 0 Å². The Labute approximate surface area is 243 Å². The molecule has 2 aliphatic rings. The van der Waals surface area contributed by atoms with Crippen LogP contribution in [0.5, 0.6) is 0 Å². The molecule has 0 bridgehead atoms. The minimum absolute atomic E-state index is 0.0425. The molecule has 0 atom stereocenters. The third-order valence-electron chi connectivity index (χ3n) is 7.93. The minimum atomic E-state index is -3.82. The number of sulfonamides is 1. The molecule has 208 valence electrons. The van der Waals surface area contributed by atoms with Crippen LogP contribution in [0.2, 0.25) is 10.0 Å². The van der Waals surface area contributed by atoms with Gasteiger partial charge >= 0.3 is 5.97 Å². The molecule has 3 aromatic carbocycles. The van der Waals surface area contributed by atoms with E-state index in [1.54, 1.807) is 0 Å². The van der Waals surface area contributed by atoms with Crippen LogP contribution in [0, 0.1) is 0 Å². The van der Waals surface area contributed by atoms with Gasteiger partial charge in [0.2, 0.25) is 10.0 Å². The molecule has 0 unspecified atom stereocenters. The minimum Gasteiger partial charge on any atom is -0.480 e. The van der Waals surface area contributed by atoms with Crippen LogP contribution in [-0.4, -0.2) is 52.4 Å². The Morgan fingerprint density at radius 2 is 1.43 bits per heavy atom. The van der Waals surface area contributed by atoms with Crippen LogP contribution in [0.25, 0.3) is 10.9 Å². The molecule has 1 saturated carbocycles. The summed E-state index contributed by atoms with van der Waals surface area (Å²) in [5.74, 6) is -2.17. The quantitative estimate of drug-likeness (QED) is 0.235. The van der Waals surface area contributed by atoms with Gasteiger partial charge in [-0.1, -0.05) is 53.5 Å². The van der Waals surface area contributed by atoms with E-state index in [1.807, 2.05) is 48.5 Å². The first-order valence-electron chi connectivity index (χ1n) is 13.4. The zero-order chi connectivity index (χ0) is 28.0. The fourth-order valence-electron chi connectivity index (χ4n) is 5.80. The molecule has 1 aromatic heterocycles. The topological polar surface area (TPSA) is 92.5 Å². The molecular weight excluding hydrogens is 569 g/mol. The van der Waals surface area contributed by atoms with Crippen molar-refractivity contribution in [2.75, 3.05) is 18.8 Å². The van der Waals surface area contributed by atoms with Crippen LogP contribution in [0.4, 0.5) is 0 Å². The number of carbonyl (C=O) groups is 1. The second-order valence-corrected chi connectivity index (χ2v) is 13.5. The van der Waals surface area contributed by atoms with Crippen molar-refractivity contribution in [2.24, 2.45) is 0 Å². The average molecular weight is 599 g/mol. The highest BCUT2D eigenvalue weighted by Crippen LogP contribution is 2.42. The van der Waals surface area contributed by atoms with Crippen molar-refractivity contribution in [3.05, 3.63) is 99.2 Å². The van der Waals surface area contributed by atoms with E-state index in [0.29, 0.717) is 28.9 Å². The lowest BCUT2D eigenvalue weighted by atomic mass is 9.84. The predicted molar refractivity (Wildman–Crippen MR) is 157 cm³/mol. The van der Waals surface area contributed by atoms with Gasteiger partial charge in [0, 0.05) is 40.4 Å². The Bertz CT molecular complexity index is 1610. The highest BCUT2D eigenvalue weighted by molar-refractivity contribution is 7.89. The van der Waals surface area contributed by atoms with Crippen LogP contribution in [0.1, 0.15) is 65.9 Å². The Balaban J connectivity index is 1.39. The van der Waals surface area contributed by atoms with E-state index in [4.69, 9.17) is 33.4 Å². The SMILES string of the molecule is O=C(O)CS(=O)(=O)N1CCC(c2nn(C3CC3)c3ccc(C(c4ccc(Cl)cc4)c4ccc(Cl)cc4)cc23)CC1. The number of hydrogen-bond acceptors (Lipinski definition) is 4. The van der Waals surface area contributed by atoms with E-state index in [1.165, 1.54) is 4.31 Å². The summed E-state index contributed by atoms with van der Waals surface area (Å²) in [7, 11) is -3.82. The van der Waals surface area contributed by atoms with Crippen molar-refractivity contribution in [2.45, 2.75) is 43.6 Å². The van der Waals surface area contributed by atoms with Gasteiger partial charge in [-0.2, -0.15) is 5.10 Å². The maximum Gasteiger partial charge on any atom is 0.320 e. The molecular formula is C30H29Cl2N3O4S. The van der Waals surface area contributed by atoms with Crippen molar-refractivity contribution in [1.82, 2.24) is 14.1 Å². The van der Waals surface area contributed by atoms with Gasteiger partial charge < -0.3 is 5.11 Å². The van der Waals surface area contributed by atoms with Crippen LogP contribution in [-0.2, 0) is 14.8 Å². The molecule has 1 saturated heterocycles. The Morgan fingerprint density at radius 1 is 0.875 bits per heavy atom. The lowest BCUT2D eigenvalue weighted by Crippen LogP contribution is -2.40. The first kappa shape index (κ1) is 27.3. The summed E-state index contributed by atoms with van der Waals surface area (Å²) in [4.78, 5) is 11.1. The van der Waals surface area contributed by atoms with Crippen molar-refractivity contribution in [3.8, 4) is 0 Å². The van der Waals surface area contributed by atoms with E-state index >= 15 is 0 Å². The van der Waals surface area contributed by atoms with Crippen molar-refractivity contribution < 1.29 is 18.3 Å². The van der Waals surface area contributed by atoms with E-state index < -0.39 is 21.7 Å². The third kappa shape index (κ3) is 5.50. The second-order valence-electron chi connectivity index (χ2n) is 10.7. The third-order valence-corrected chi connectivity index (χ3v) is 10.2. The molecule has 4 aromatic rings. The van der Waals surface area contributed by atoms with Gasteiger partial charge in [-0.05, 0) is 78.8 Å². The summed E-state index contributed by atoms with van der Waals surface area (Å²) >= 11 is 12.4. The zero-order valence-electron chi connectivity index (χ0n) is 21.7. The van der Waals surface area contributed by atoms with Gasteiger partial charge in [-0.25, -0.2) is 12.7 Å². The Hall–Kier alpha value is -2.91. The number of hydrogen-bond donors (Lipinski definition) is 1. The van der Waals surface area contributed by atoms with E-state index in [0.717, 1.165) is 46.1 Å². The van der Waals surface area contributed by atoms with Gasteiger partial charge in [-0.3, -0.25) is 9.48 Å². The monoisotopic (exact) mass is 597 g/mol. The molecule has 0 amide bonds. The number of carboxylic acids is 1. The first-order valence-corrected chi connectivity index (χ1v) is 15.8. The Morgan fingerprint density at radius 3 is 1.95 bits per heavy atom. The Kier molecular flexibility index (Phi) is 7.38. The normalized spacial score (nSPS) is 17.1. The second kappa shape index (κ2) is 10.8. The summed E-state index contributed by atoms with van der Waals surface area (Å²) in [5, 5.41) is 16.6. The number of halogens is 2. The summed E-state index contributed by atoms with van der Waals surface area (Å²) in [6.45, 7) is 0.575. The van der Waals surface area contributed by atoms with Crippen LogP contribution in [0.3, 0.4) is 0 Å². The fourth-order valence-corrected chi connectivity index (χ4v) is 7.32. The van der Waals surface area contributed by atoms with E-state index in [-0.39, 0.29) is 24.9 Å². The summed E-state index contributed by atoms with van der Waals surface area (Å²) < 4.78 is 28.4. The molecule has 0 radical (unpaired) electrons. The molecule has 40 heavy (non-hydrogen) atoms.